The summed E-state index contributed by atoms with van der Waals surface area (Å²) in [7, 11) is 3.67. The Bertz CT molecular complexity index is 2250. The molecule has 4 aromatic carbocycles. The van der Waals surface area contributed by atoms with E-state index in [1.54, 1.807) is 43.6 Å². The summed E-state index contributed by atoms with van der Waals surface area (Å²) in [6.07, 6.45) is -2.68. The number of amides is 1. The molecule has 5 aromatic rings. The number of likely N-dealkylation sites (N-methyl/N-ethyl adjacent to an activating group) is 1. The number of carboxylic acids is 1. The summed E-state index contributed by atoms with van der Waals surface area (Å²) in [6.45, 7) is 6.33. The fourth-order valence-corrected chi connectivity index (χ4v) is 8.24. The largest absolute Gasteiger partial charge is 0.542 e. The van der Waals surface area contributed by atoms with Crippen molar-refractivity contribution in [1.29, 1.82) is 0 Å². The Kier molecular flexibility index (Phi) is 13.8. The van der Waals surface area contributed by atoms with E-state index in [1.165, 1.54) is 48.2 Å². The van der Waals surface area contributed by atoms with Gasteiger partial charge < -0.3 is 24.4 Å². The zero-order valence-electron chi connectivity index (χ0n) is 31.6. The van der Waals surface area contributed by atoms with E-state index in [2.05, 4.69) is 12.4 Å². The van der Waals surface area contributed by atoms with Crippen molar-refractivity contribution in [3.63, 3.8) is 0 Å². The van der Waals surface area contributed by atoms with Crippen LogP contribution >= 0.6 is 35.0 Å². The van der Waals surface area contributed by atoms with Crippen LogP contribution in [0.25, 0.3) is 5.69 Å². The van der Waals surface area contributed by atoms with E-state index in [0.717, 1.165) is 29.8 Å². The molecule has 58 heavy (non-hydrogen) atoms. The second-order valence-electron chi connectivity index (χ2n) is 14.5. The van der Waals surface area contributed by atoms with Gasteiger partial charge in [0, 0.05) is 45.0 Å². The van der Waals surface area contributed by atoms with Crippen molar-refractivity contribution in [3.8, 4) is 11.4 Å². The molecule has 17 heteroatoms. The standard InChI is InChI=1S/C39H37Cl2F3N4O2S.C2HF3O2/c1-39(2,26-7-14-32(40)35(19-26)50-4)36-20-45-38(47(36)30-12-10-28(43)11-13-30)51-23-31-33(41)17-25(18-34(31)44)37(49)46-29-15-16-48(3,22-29)21-24-5-8-27(42)9-6-24;3-2(4,5)1(6)7/h5-14,17-20,29H,15-16,21-23H2,1-4H3;(H,6,7)/t29-,48?;/m0./s1. The van der Waals surface area contributed by atoms with Gasteiger partial charge in [0.15, 0.2) is 5.16 Å². The molecule has 0 saturated carbocycles. The van der Waals surface area contributed by atoms with Crippen LogP contribution in [0.15, 0.2) is 90.2 Å². The average Bonchev–Trinajstić information content (AvgIpc) is 3.76. The van der Waals surface area contributed by atoms with Crippen LogP contribution in [0.2, 0.25) is 10.0 Å². The molecule has 0 spiro atoms. The van der Waals surface area contributed by atoms with E-state index in [-0.39, 0.29) is 39.6 Å². The van der Waals surface area contributed by atoms with Crippen molar-refractivity contribution in [2.24, 2.45) is 0 Å². The van der Waals surface area contributed by atoms with Gasteiger partial charge in [-0.25, -0.2) is 18.2 Å². The number of aliphatic carboxylic acids is 1. The van der Waals surface area contributed by atoms with Crippen molar-refractivity contribution < 1.29 is 50.3 Å². The fourth-order valence-electron chi connectivity index (χ4n) is 6.67. The molecule has 0 radical (unpaired) electrons. The lowest BCUT2D eigenvalue weighted by molar-refractivity contribution is -0.911. The Morgan fingerprint density at radius 1 is 0.966 bits per heavy atom. The number of ether oxygens (including phenoxy) is 1. The number of methoxy groups -OCH3 is 1. The minimum atomic E-state index is -5.19. The van der Waals surface area contributed by atoms with Crippen LogP contribution in [0.1, 0.15) is 53.0 Å². The minimum absolute atomic E-state index is 0.0993. The van der Waals surface area contributed by atoms with Gasteiger partial charge in [0.1, 0.15) is 35.7 Å². The van der Waals surface area contributed by atoms with Crippen molar-refractivity contribution in [2.45, 2.75) is 55.4 Å². The molecule has 308 valence electrons. The number of hydrogen-bond donors (Lipinski definition) is 1. The molecule has 1 saturated heterocycles. The average molecular weight is 868 g/mol. The molecule has 2 atom stereocenters. The maximum atomic E-state index is 15.7. The molecule has 1 unspecified atom stereocenters. The third-order valence-corrected chi connectivity index (χ3v) is 11.4. The Hall–Kier alpha value is -4.70. The van der Waals surface area contributed by atoms with E-state index in [0.29, 0.717) is 39.2 Å². The number of likely N-dealkylation sites (tertiary alicyclic amines) is 1. The molecule has 6 rings (SSSR count). The molecule has 1 aromatic heterocycles. The fraction of sp³-hybridized carbons (Fsp3) is 0.293. The third-order valence-electron chi connectivity index (χ3n) is 9.80. The van der Waals surface area contributed by atoms with Crippen molar-refractivity contribution in [1.82, 2.24) is 14.9 Å². The SMILES string of the molecule is COc1cc(C(C)(C)c2cnc(SCc3c(F)cc(C(=O)N[C@H]4CC[N+](C)(Cc5ccc(F)cc5)C4)cc3Cl)n2-c2ccc(F)cc2)ccc1Cl.O=C([O-])C(F)(F)F. The van der Waals surface area contributed by atoms with Gasteiger partial charge in [-0.1, -0.05) is 67.0 Å². The summed E-state index contributed by atoms with van der Waals surface area (Å²) in [6, 6.07) is 20.7. The number of quaternary nitrogens is 1. The summed E-state index contributed by atoms with van der Waals surface area (Å²) in [5.74, 6) is -3.99. The molecule has 2 heterocycles. The van der Waals surface area contributed by atoms with Crippen LogP contribution in [0.4, 0.5) is 26.3 Å². The number of halogens is 8. The zero-order chi connectivity index (χ0) is 42.6. The molecule has 1 N–H and O–H groups in total. The van der Waals surface area contributed by atoms with E-state index in [4.69, 9.17) is 42.8 Å². The van der Waals surface area contributed by atoms with Gasteiger partial charge in [-0.05, 0) is 66.2 Å². The van der Waals surface area contributed by atoms with Gasteiger partial charge >= 0.3 is 6.18 Å². The van der Waals surface area contributed by atoms with E-state index in [1.807, 2.05) is 30.5 Å². The van der Waals surface area contributed by atoms with Crippen molar-refractivity contribution in [2.75, 3.05) is 27.2 Å². The first-order valence-electron chi connectivity index (χ1n) is 17.7. The van der Waals surface area contributed by atoms with Crippen LogP contribution in [0.3, 0.4) is 0 Å². The predicted octanol–water partition coefficient (Wildman–Crippen LogP) is 8.67. The quantitative estimate of drug-likeness (QED) is 0.0812. The van der Waals surface area contributed by atoms with Gasteiger partial charge in [0.25, 0.3) is 5.91 Å². The summed E-state index contributed by atoms with van der Waals surface area (Å²) in [5.41, 5.74) is 3.20. The molecule has 1 aliphatic rings. The first-order chi connectivity index (χ1) is 27.2. The lowest BCUT2D eigenvalue weighted by Crippen LogP contribution is -2.45. The molecule has 1 amide bonds. The number of carboxylic acid groups (broad SMARTS) is 1. The summed E-state index contributed by atoms with van der Waals surface area (Å²) >= 11 is 14.2. The van der Waals surface area contributed by atoms with Gasteiger partial charge in [-0.3, -0.25) is 9.36 Å². The summed E-state index contributed by atoms with van der Waals surface area (Å²) in [4.78, 5) is 26.8. The maximum absolute atomic E-state index is 15.7. The normalized spacial score (nSPS) is 16.7. The topological polar surface area (TPSA) is 96.3 Å². The monoisotopic (exact) mass is 866 g/mol. The number of alkyl halides is 3. The molecule has 1 aliphatic heterocycles. The second-order valence-corrected chi connectivity index (χ2v) is 16.2. The smallest absolute Gasteiger partial charge is 0.430 e. The highest BCUT2D eigenvalue weighted by molar-refractivity contribution is 7.98. The Balaban J connectivity index is 0.000000839. The van der Waals surface area contributed by atoms with Crippen LogP contribution in [-0.4, -0.2) is 65.4 Å². The molecule has 0 aliphatic carbocycles. The maximum Gasteiger partial charge on any atom is 0.430 e. The Morgan fingerprint density at radius 2 is 1.59 bits per heavy atom. The van der Waals surface area contributed by atoms with Gasteiger partial charge in [0.05, 0.1) is 50.2 Å². The number of thioether (sulfide) groups is 1. The number of rotatable bonds is 11. The number of imidazole rings is 1. The third kappa shape index (κ3) is 10.7. The number of carbonyl (C=O) groups is 2. The molecular weight excluding hydrogens is 829 g/mol. The van der Waals surface area contributed by atoms with Crippen molar-refractivity contribution in [3.05, 3.63) is 141 Å². The highest BCUT2D eigenvalue weighted by Gasteiger charge is 2.36. The number of carbonyl (C=O) groups excluding carboxylic acids is 2. The first-order valence-corrected chi connectivity index (χ1v) is 19.4. The Morgan fingerprint density at radius 3 is 2.17 bits per heavy atom. The Labute approximate surface area is 345 Å². The molecular formula is C41H38Cl2F6N4O4S. The van der Waals surface area contributed by atoms with E-state index in [9.17, 15) is 26.7 Å². The second kappa shape index (κ2) is 18.1. The van der Waals surface area contributed by atoms with E-state index < -0.39 is 29.3 Å². The van der Waals surface area contributed by atoms with Crippen LogP contribution in [0, 0.1) is 17.5 Å². The number of benzene rings is 4. The van der Waals surface area contributed by atoms with Crippen LogP contribution < -0.4 is 15.2 Å². The first kappa shape index (κ1) is 44.4. The van der Waals surface area contributed by atoms with Crippen LogP contribution in [-0.2, 0) is 22.5 Å². The number of nitrogens with zero attached hydrogens (tertiary/aromatic N) is 3. The van der Waals surface area contributed by atoms with Gasteiger partial charge in [0.2, 0.25) is 0 Å². The zero-order valence-corrected chi connectivity index (χ0v) is 33.9. The van der Waals surface area contributed by atoms with Crippen molar-refractivity contribution >= 4 is 46.8 Å². The van der Waals surface area contributed by atoms with E-state index >= 15 is 4.39 Å². The predicted molar refractivity (Wildman–Crippen MR) is 208 cm³/mol. The molecule has 1 fully saturated rings. The number of aromatic nitrogens is 2. The molecule has 0 bridgehead atoms. The summed E-state index contributed by atoms with van der Waals surface area (Å²) < 4.78 is 82.7. The highest BCUT2D eigenvalue weighted by atomic mass is 35.5. The highest BCUT2D eigenvalue weighted by Crippen LogP contribution is 2.40. The lowest BCUT2D eigenvalue weighted by atomic mass is 9.81. The number of hydrogen-bond acceptors (Lipinski definition) is 6. The molecule has 8 nitrogen and oxygen atoms in total. The van der Waals surface area contributed by atoms with Gasteiger partial charge in [-0.15, -0.1) is 0 Å². The number of nitrogens with one attached hydrogen (secondary N) is 1. The lowest BCUT2D eigenvalue weighted by Gasteiger charge is -2.30. The van der Waals surface area contributed by atoms with Crippen LogP contribution in [0.5, 0.6) is 5.75 Å². The van der Waals surface area contributed by atoms with Gasteiger partial charge in [-0.2, -0.15) is 13.2 Å². The minimum Gasteiger partial charge on any atom is -0.542 e. The summed E-state index contributed by atoms with van der Waals surface area (Å²) in [5, 5.41) is 13.0.